The fourth-order valence-corrected chi connectivity index (χ4v) is 2.39. The second kappa shape index (κ2) is 9.81. The lowest BCUT2D eigenvalue weighted by molar-refractivity contribution is 0.136. The van der Waals surface area contributed by atoms with E-state index in [4.69, 9.17) is 4.74 Å². The minimum Gasteiger partial charge on any atom is -0.380 e. The molecule has 1 rings (SSSR count). The van der Waals surface area contributed by atoms with Crippen LogP contribution in [0, 0.1) is 6.92 Å². The van der Waals surface area contributed by atoms with Crippen molar-refractivity contribution in [3.05, 3.63) is 21.9 Å². The van der Waals surface area contributed by atoms with Gasteiger partial charge in [-0.1, -0.05) is 13.3 Å². The first-order valence-corrected chi connectivity index (χ1v) is 7.65. The van der Waals surface area contributed by atoms with Crippen LogP contribution in [0.3, 0.4) is 0 Å². The van der Waals surface area contributed by atoms with E-state index in [1.165, 1.54) is 16.2 Å². The number of hydrogen-bond acceptors (Lipinski definition) is 3. The maximum atomic E-state index is 5.49. The van der Waals surface area contributed by atoms with Crippen LogP contribution in [0.15, 0.2) is 17.1 Å². The van der Waals surface area contributed by atoms with E-state index in [1.807, 2.05) is 11.3 Å². The minimum absolute atomic E-state index is 0.721. The normalized spacial score (nSPS) is 11.6. The first-order valence-electron chi connectivity index (χ1n) is 6.83. The van der Waals surface area contributed by atoms with Crippen molar-refractivity contribution in [3.63, 3.8) is 0 Å². The molecule has 0 saturated carbocycles. The summed E-state index contributed by atoms with van der Waals surface area (Å²) >= 11 is 1.81. The van der Waals surface area contributed by atoms with Crippen molar-refractivity contribution in [3.8, 4) is 0 Å². The molecular formula is C14H25N3OS. The van der Waals surface area contributed by atoms with Crippen LogP contribution in [0.1, 0.15) is 29.5 Å². The molecule has 1 aromatic rings. The Morgan fingerprint density at radius 1 is 1.32 bits per heavy atom. The third-order valence-corrected chi connectivity index (χ3v) is 3.63. The zero-order valence-corrected chi connectivity index (χ0v) is 13.0. The SMILES string of the molecule is CCCCOCCNC(=NC)NCc1ccc(C)s1. The molecule has 0 radical (unpaired) electrons. The number of thiophene rings is 1. The Labute approximate surface area is 120 Å². The summed E-state index contributed by atoms with van der Waals surface area (Å²) in [5.41, 5.74) is 0. The van der Waals surface area contributed by atoms with E-state index in [9.17, 15) is 0 Å². The molecule has 0 aromatic carbocycles. The van der Waals surface area contributed by atoms with Gasteiger partial charge in [-0.3, -0.25) is 4.99 Å². The van der Waals surface area contributed by atoms with Gasteiger partial charge < -0.3 is 15.4 Å². The molecule has 1 aromatic heterocycles. The molecule has 0 aliphatic heterocycles. The number of aryl methyl sites for hydroxylation is 1. The van der Waals surface area contributed by atoms with Gasteiger partial charge in [0.1, 0.15) is 0 Å². The van der Waals surface area contributed by atoms with E-state index >= 15 is 0 Å². The topological polar surface area (TPSA) is 45.6 Å². The van der Waals surface area contributed by atoms with Crippen molar-refractivity contribution in [1.29, 1.82) is 0 Å². The zero-order chi connectivity index (χ0) is 13.9. The van der Waals surface area contributed by atoms with E-state index in [1.54, 1.807) is 7.05 Å². The van der Waals surface area contributed by atoms with Crippen LogP contribution in [0.4, 0.5) is 0 Å². The molecule has 0 spiro atoms. The molecule has 2 N–H and O–H groups in total. The number of rotatable bonds is 8. The highest BCUT2D eigenvalue weighted by Crippen LogP contribution is 2.14. The van der Waals surface area contributed by atoms with Crippen LogP contribution < -0.4 is 10.6 Å². The van der Waals surface area contributed by atoms with Gasteiger partial charge in [-0.05, 0) is 25.5 Å². The summed E-state index contributed by atoms with van der Waals surface area (Å²) in [6.45, 7) is 7.45. The Bertz CT molecular complexity index is 377. The fraction of sp³-hybridized carbons (Fsp3) is 0.643. The molecule has 5 heteroatoms. The predicted octanol–water partition coefficient (Wildman–Crippen LogP) is 2.54. The van der Waals surface area contributed by atoms with Crippen molar-refractivity contribution in [2.75, 3.05) is 26.8 Å². The van der Waals surface area contributed by atoms with Gasteiger partial charge in [-0.25, -0.2) is 0 Å². The van der Waals surface area contributed by atoms with Gasteiger partial charge in [0, 0.05) is 30.0 Å². The number of nitrogens with one attached hydrogen (secondary N) is 2. The van der Waals surface area contributed by atoms with Gasteiger partial charge in [0.2, 0.25) is 0 Å². The van der Waals surface area contributed by atoms with E-state index in [2.05, 4.69) is 41.6 Å². The van der Waals surface area contributed by atoms with Crippen LogP contribution >= 0.6 is 11.3 Å². The van der Waals surface area contributed by atoms with Crippen molar-refractivity contribution in [1.82, 2.24) is 10.6 Å². The summed E-state index contributed by atoms with van der Waals surface area (Å²) in [5.74, 6) is 0.824. The molecule has 0 atom stereocenters. The summed E-state index contributed by atoms with van der Waals surface area (Å²) < 4.78 is 5.49. The Morgan fingerprint density at radius 3 is 2.79 bits per heavy atom. The van der Waals surface area contributed by atoms with E-state index < -0.39 is 0 Å². The van der Waals surface area contributed by atoms with Crippen molar-refractivity contribution < 1.29 is 4.74 Å². The Kier molecular flexibility index (Phi) is 8.25. The molecule has 4 nitrogen and oxygen atoms in total. The van der Waals surface area contributed by atoms with Gasteiger partial charge >= 0.3 is 0 Å². The third-order valence-electron chi connectivity index (χ3n) is 2.63. The standard InChI is InChI=1S/C14H25N3OS/c1-4-5-9-18-10-8-16-14(15-3)17-11-13-7-6-12(2)19-13/h6-7H,4-5,8-11H2,1-3H3,(H2,15,16,17). The maximum absolute atomic E-state index is 5.49. The van der Waals surface area contributed by atoms with Crippen LogP contribution in [-0.4, -0.2) is 32.8 Å². The number of guanidine groups is 1. The molecule has 0 unspecified atom stereocenters. The van der Waals surface area contributed by atoms with Crippen LogP contribution in [0.25, 0.3) is 0 Å². The second-order valence-corrected chi connectivity index (χ2v) is 5.70. The average molecular weight is 283 g/mol. The zero-order valence-electron chi connectivity index (χ0n) is 12.2. The highest BCUT2D eigenvalue weighted by atomic mass is 32.1. The first kappa shape index (κ1) is 16.0. The Morgan fingerprint density at radius 2 is 2.16 bits per heavy atom. The number of nitrogens with zero attached hydrogens (tertiary/aromatic N) is 1. The van der Waals surface area contributed by atoms with Gasteiger partial charge in [-0.15, -0.1) is 11.3 Å². The van der Waals surface area contributed by atoms with E-state index in [0.29, 0.717) is 0 Å². The second-order valence-electron chi connectivity index (χ2n) is 4.33. The van der Waals surface area contributed by atoms with Crippen molar-refractivity contribution in [2.24, 2.45) is 4.99 Å². The summed E-state index contributed by atoms with van der Waals surface area (Å²) in [7, 11) is 1.78. The highest BCUT2D eigenvalue weighted by Gasteiger charge is 1.99. The molecule has 0 aliphatic carbocycles. The molecule has 0 fully saturated rings. The van der Waals surface area contributed by atoms with E-state index in [0.717, 1.165) is 38.7 Å². The number of unbranched alkanes of at least 4 members (excludes halogenated alkanes) is 1. The largest absolute Gasteiger partial charge is 0.380 e. The summed E-state index contributed by atoms with van der Waals surface area (Å²) in [6, 6.07) is 4.29. The van der Waals surface area contributed by atoms with E-state index in [-0.39, 0.29) is 0 Å². The smallest absolute Gasteiger partial charge is 0.191 e. The van der Waals surface area contributed by atoms with Crippen LogP contribution in [0.2, 0.25) is 0 Å². The lowest BCUT2D eigenvalue weighted by atomic mass is 10.4. The van der Waals surface area contributed by atoms with Gasteiger partial charge in [0.15, 0.2) is 5.96 Å². The molecule has 0 amide bonds. The van der Waals surface area contributed by atoms with Crippen LogP contribution in [-0.2, 0) is 11.3 Å². The molecule has 108 valence electrons. The number of ether oxygens (including phenoxy) is 1. The minimum atomic E-state index is 0.721. The molecule has 1 heterocycles. The maximum Gasteiger partial charge on any atom is 0.191 e. The summed E-state index contributed by atoms with van der Waals surface area (Å²) in [6.07, 6.45) is 2.31. The van der Waals surface area contributed by atoms with Gasteiger partial charge in [0.25, 0.3) is 0 Å². The first-order chi connectivity index (χ1) is 9.26. The molecule has 0 saturated heterocycles. The molecule has 0 bridgehead atoms. The highest BCUT2D eigenvalue weighted by molar-refractivity contribution is 7.11. The van der Waals surface area contributed by atoms with Crippen LogP contribution in [0.5, 0.6) is 0 Å². The predicted molar refractivity (Wildman–Crippen MR) is 83.0 cm³/mol. The lowest BCUT2D eigenvalue weighted by Gasteiger charge is -2.11. The number of aliphatic imine (C=N–C) groups is 1. The summed E-state index contributed by atoms with van der Waals surface area (Å²) in [4.78, 5) is 6.84. The third kappa shape index (κ3) is 7.18. The lowest BCUT2D eigenvalue weighted by Crippen LogP contribution is -2.38. The number of hydrogen-bond donors (Lipinski definition) is 2. The molecule has 19 heavy (non-hydrogen) atoms. The van der Waals surface area contributed by atoms with Gasteiger partial charge in [0.05, 0.1) is 13.2 Å². The fourth-order valence-electron chi connectivity index (χ4n) is 1.56. The van der Waals surface area contributed by atoms with Gasteiger partial charge in [-0.2, -0.15) is 0 Å². The molecular weight excluding hydrogens is 258 g/mol. The molecule has 0 aliphatic rings. The Balaban J connectivity index is 2.12. The average Bonchev–Trinajstić information content (AvgIpc) is 2.83. The summed E-state index contributed by atoms with van der Waals surface area (Å²) in [5, 5.41) is 6.54. The quantitative estimate of drug-likeness (QED) is 0.438. The Hall–Kier alpha value is -1.07. The van der Waals surface area contributed by atoms with Crippen molar-refractivity contribution >= 4 is 17.3 Å². The van der Waals surface area contributed by atoms with Crippen molar-refractivity contribution in [2.45, 2.75) is 33.2 Å². The monoisotopic (exact) mass is 283 g/mol.